The summed E-state index contributed by atoms with van der Waals surface area (Å²) in [5, 5.41) is 18.0. The average molecular weight is 534 g/mol. The van der Waals surface area contributed by atoms with E-state index < -0.39 is 35.4 Å². The number of para-hydroxylation sites is 1. The number of carbonyl (C=O) groups excluding carboxylic acids is 2. The molecule has 3 rings (SSSR count). The lowest BCUT2D eigenvalue weighted by molar-refractivity contribution is -0.139. The van der Waals surface area contributed by atoms with E-state index in [2.05, 4.69) is 16.0 Å². The van der Waals surface area contributed by atoms with Crippen LogP contribution in [0.5, 0.6) is 0 Å². The number of rotatable bonds is 11. The summed E-state index contributed by atoms with van der Waals surface area (Å²) in [4.78, 5) is 38.1. The maximum atomic E-state index is 13.4. The highest BCUT2D eigenvalue weighted by molar-refractivity contribution is 5.98. The highest BCUT2D eigenvalue weighted by atomic mass is 19.1. The number of hydrogen-bond donors (Lipinski definition) is 4. The molecule has 0 aliphatic rings. The van der Waals surface area contributed by atoms with Crippen LogP contribution in [0.25, 0.3) is 11.1 Å². The smallest absolute Gasteiger partial charge is 0.320 e. The van der Waals surface area contributed by atoms with Crippen molar-refractivity contribution in [1.82, 2.24) is 10.6 Å². The SMILES string of the molecule is C[C@@H](N[C@@H](CCc1ccc(-c2ccc(F)cc2)cc1)C(=O)NC(C(=O)Nc1ccccc1)C(C)(C)C)C(=O)O. The van der Waals surface area contributed by atoms with Crippen LogP contribution in [-0.4, -0.2) is 41.0 Å². The lowest BCUT2D eigenvalue weighted by Gasteiger charge is -2.32. The molecule has 0 bridgehead atoms. The van der Waals surface area contributed by atoms with Crippen LogP contribution in [0.1, 0.15) is 39.7 Å². The zero-order valence-corrected chi connectivity index (χ0v) is 22.7. The molecule has 0 aromatic heterocycles. The highest BCUT2D eigenvalue weighted by Crippen LogP contribution is 2.23. The Morgan fingerprint density at radius 1 is 0.846 bits per heavy atom. The fourth-order valence-electron chi connectivity index (χ4n) is 4.13. The third-order valence-electron chi connectivity index (χ3n) is 6.45. The molecule has 206 valence electrons. The molecule has 4 N–H and O–H groups in total. The number of carbonyl (C=O) groups is 3. The first kappa shape index (κ1) is 29.5. The van der Waals surface area contributed by atoms with Crippen molar-refractivity contribution in [3.63, 3.8) is 0 Å². The van der Waals surface area contributed by atoms with Crippen LogP contribution in [0.3, 0.4) is 0 Å². The molecule has 0 heterocycles. The van der Waals surface area contributed by atoms with Gasteiger partial charge in [-0.15, -0.1) is 0 Å². The summed E-state index contributed by atoms with van der Waals surface area (Å²) in [6, 6.07) is 20.3. The molecule has 39 heavy (non-hydrogen) atoms. The van der Waals surface area contributed by atoms with E-state index in [0.29, 0.717) is 18.5 Å². The minimum absolute atomic E-state index is 0.297. The van der Waals surface area contributed by atoms with Crippen LogP contribution >= 0.6 is 0 Å². The fraction of sp³-hybridized carbons (Fsp3) is 0.323. The Labute approximate surface area is 228 Å². The van der Waals surface area contributed by atoms with Gasteiger partial charge < -0.3 is 15.7 Å². The Morgan fingerprint density at radius 3 is 1.95 bits per heavy atom. The lowest BCUT2D eigenvalue weighted by atomic mass is 9.85. The van der Waals surface area contributed by atoms with E-state index in [1.165, 1.54) is 19.1 Å². The molecule has 8 heteroatoms. The first-order valence-corrected chi connectivity index (χ1v) is 12.9. The number of aliphatic carboxylic acids is 1. The minimum Gasteiger partial charge on any atom is -0.480 e. The van der Waals surface area contributed by atoms with Gasteiger partial charge in [-0.3, -0.25) is 19.7 Å². The predicted molar refractivity (Wildman–Crippen MR) is 151 cm³/mol. The summed E-state index contributed by atoms with van der Waals surface area (Å²) in [7, 11) is 0. The van der Waals surface area contributed by atoms with Crippen molar-refractivity contribution >= 4 is 23.5 Å². The second kappa shape index (κ2) is 13.2. The molecule has 0 spiro atoms. The van der Waals surface area contributed by atoms with Gasteiger partial charge in [0.2, 0.25) is 11.8 Å². The van der Waals surface area contributed by atoms with Crippen molar-refractivity contribution in [1.29, 1.82) is 0 Å². The van der Waals surface area contributed by atoms with Crippen molar-refractivity contribution in [2.45, 2.75) is 58.7 Å². The van der Waals surface area contributed by atoms with Crippen LogP contribution in [-0.2, 0) is 20.8 Å². The normalized spacial score (nSPS) is 13.7. The Kier molecular flexibility index (Phi) is 9.95. The number of halogens is 1. The molecule has 0 radical (unpaired) electrons. The van der Waals surface area contributed by atoms with Gasteiger partial charge in [-0.1, -0.05) is 75.4 Å². The minimum atomic E-state index is -1.08. The van der Waals surface area contributed by atoms with E-state index >= 15 is 0 Å². The topological polar surface area (TPSA) is 108 Å². The van der Waals surface area contributed by atoms with Gasteiger partial charge in [0.25, 0.3) is 0 Å². The molecule has 0 saturated carbocycles. The van der Waals surface area contributed by atoms with Gasteiger partial charge in [-0.05, 0) is 66.1 Å². The van der Waals surface area contributed by atoms with Crippen molar-refractivity contribution in [2.75, 3.05) is 5.32 Å². The zero-order valence-electron chi connectivity index (χ0n) is 22.7. The summed E-state index contributed by atoms with van der Waals surface area (Å²) < 4.78 is 13.2. The average Bonchev–Trinajstić information content (AvgIpc) is 2.90. The van der Waals surface area contributed by atoms with Gasteiger partial charge in [-0.2, -0.15) is 0 Å². The molecule has 0 saturated heterocycles. The first-order chi connectivity index (χ1) is 18.4. The number of carboxylic acids is 1. The van der Waals surface area contributed by atoms with E-state index in [0.717, 1.165) is 16.7 Å². The number of benzene rings is 3. The summed E-state index contributed by atoms with van der Waals surface area (Å²) >= 11 is 0. The Bertz CT molecular complexity index is 1260. The van der Waals surface area contributed by atoms with E-state index in [9.17, 15) is 23.9 Å². The van der Waals surface area contributed by atoms with Crippen LogP contribution in [0.4, 0.5) is 10.1 Å². The second-order valence-electron chi connectivity index (χ2n) is 10.7. The van der Waals surface area contributed by atoms with Gasteiger partial charge in [0, 0.05) is 5.69 Å². The largest absolute Gasteiger partial charge is 0.480 e. The molecule has 0 aliphatic heterocycles. The van der Waals surface area contributed by atoms with Gasteiger partial charge in [0.1, 0.15) is 17.9 Å². The number of aryl methyl sites for hydroxylation is 1. The van der Waals surface area contributed by atoms with E-state index in [1.807, 2.05) is 51.1 Å². The first-order valence-electron chi connectivity index (χ1n) is 12.9. The fourth-order valence-corrected chi connectivity index (χ4v) is 4.13. The molecule has 7 nitrogen and oxygen atoms in total. The molecule has 1 unspecified atom stereocenters. The predicted octanol–water partition coefficient (Wildman–Crippen LogP) is 5.03. The molecule has 3 aromatic carbocycles. The van der Waals surface area contributed by atoms with Crippen molar-refractivity contribution in [3.8, 4) is 11.1 Å². The van der Waals surface area contributed by atoms with Crippen LogP contribution in [0.2, 0.25) is 0 Å². The maximum Gasteiger partial charge on any atom is 0.320 e. The molecule has 0 aliphatic carbocycles. The molecular formula is C31H36FN3O4. The number of hydrogen-bond acceptors (Lipinski definition) is 4. The summed E-state index contributed by atoms with van der Waals surface area (Å²) in [6.45, 7) is 7.04. The van der Waals surface area contributed by atoms with E-state index in [4.69, 9.17) is 0 Å². The summed E-state index contributed by atoms with van der Waals surface area (Å²) in [5.74, 6) is -2.18. The standard InChI is InChI=1S/C31H36FN3O4/c1-20(30(38)39)33-26(19-12-21-10-13-22(14-11-21)23-15-17-24(32)18-16-23)28(36)35-27(31(2,3)4)29(37)34-25-8-6-5-7-9-25/h5-11,13-18,20,26-27,33H,12,19H2,1-4H3,(H,34,37)(H,35,36)(H,38,39)/t20-,26+,27?/m1/s1. The molecule has 3 aromatic rings. The quantitative estimate of drug-likeness (QED) is 0.277. The monoisotopic (exact) mass is 533 g/mol. The highest BCUT2D eigenvalue weighted by Gasteiger charge is 2.35. The van der Waals surface area contributed by atoms with Gasteiger partial charge >= 0.3 is 5.97 Å². The third-order valence-corrected chi connectivity index (χ3v) is 6.45. The van der Waals surface area contributed by atoms with Crippen LogP contribution < -0.4 is 16.0 Å². The van der Waals surface area contributed by atoms with Crippen LogP contribution in [0, 0.1) is 11.2 Å². The van der Waals surface area contributed by atoms with Crippen LogP contribution in [0.15, 0.2) is 78.9 Å². The number of amides is 2. The zero-order chi connectivity index (χ0) is 28.6. The van der Waals surface area contributed by atoms with E-state index in [-0.39, 0.29) is 11.7 Å². The van der Waals surface area contributed by atoms with E-state index in [1.54, 1.807) is 36.4 Å². The summed E-state index contributed by atoms with van der Waals surface area (Å²) in [6.07, 6.45) is 0.814. The molecule has 2 amide bonds. The third kappa shape index (κ3) is 8.75. The number of nitrogens with one attached hydrogen (secondary N) is 3. The maximum absolute atomic E-state index is 13.4. The van der Waals surface area contributed by atoms with Gasteiger partial charge in [0.15, 0.2) is 0 Å². The summed E-state index contributed by atoms with van der Waals surface area (Å²) in [5.41, 5.74) is 2.79. The molecule has 0 fully saturated rings. The van der Waals surface area contributed by atoms with Crippen molar-refractivity contribution in [3.05, 3.63) is 90.2 Å². The Morgan fingerprint density at radius 2 is 1.41 bits per heavy atom. The lowest BCUT2D eigenvalue weighted by Crippen LogP contribution is -2.57. The Hall–Kier alpha value is -4.04. The molecule has 3 atom stereocenters. The number of anilines is 1. The van der Waals surface area contributed by atoms with Crippen molar-refractivity contribution < 1.29 is 23.9 Å². The van der Waals surface area contributed by atoms with Gasteiger partial charge in [0.05, 0.1) is 6.04 Å². The van der Waals surface area contributed by atoms with Gasteiger partial charge in [-0.25, -0.2) is 4.39 Å². The molecular weight excluding hydrogens is 497 g/mol. The number of carboxylic acid groups (broad SMARTS) is 1. The second-order valence-corrected chi connectivity index (χ2v) is 10.7. The Balaban J connectivity index is 1.72. The van der Waals surface area contributed by atoms with Crippen molar-refractivity contribution in [2.24, 2.45) is 5.41 Å².